The van der Waals surface area contributed by atoms with Crippen molar-refractivity contribution in [2.24, 2.45) is 0 Å². The van der Waals surface area contributed by atoms with Crippen LogP contribution in [0.1, 0.15) is 5.56 Å². The number of hydrogen-bond acceptors (Lipinski definition) is 7. The van der Waals surface area contributed by atoms with Crippen LogP contribution in [-0.2, 0) is 4.79 Å². The number of aromatic nitrogens is 4. The molecule has 2 aromatic carbocycles. The van der Waals surface area contributed by atoms with Crippen molar-refractivity contribution in [2.75, 3.05) is 11.9 Å². The summed E-state index contributed by atoms with van der Waals surface area (Å²) < 4.78 is 7.37. The summed E-state index contributed by atoms with van der Waals surface area (Å²) in [6, 6.07) is 17.5. The molecule has 10 heteroatoms. The van der Waals surface area contributed by atoms with E-state index in [1.807, 2.05) is 12.1 Å². The van der Waals surface area contributed by atoms with Gasteiger partial charge in [-0.15, -0.1) is 5.10 Å². The average molecular weight is 490 g/mol. The quantitative estimate of drug-likeness (QED) is 0.392. The minimum absolute atomic E-state index is 0.135. The van der Waals surface area contributed by atoms with Gasteiger partial charge in [0.2, 0.25) is 4.96 Å². The summed E-state index contributed by atoms with van der Waals surface area (Å²) in [5.74, 6) is 0.740. The lowest BCUT2D eigenvalue weighted by atomic mass is 10.2. The molecule has 0 spiro atoms. The zero-order valence-electron chi connectivity index (χ0n) is 17.5. The number of pyridine rings is 1. The first-order valence-corrected chi connectivity index (χ1v) is 11.3. The number of hydrogen-bond donors (Lipinski definition) is 1. The standard InChI is InChI=1S/C24H16ClN5O3S/c25-17-3-5-18(6-4-17)27-21(31)14-33-19-7-1-15(2-8-19)13-20-23(32)30-24(34-20)28-22(29-30)16-9-11-26-12-10-16/h1-13H,14H2,(H,27,31)/b20-13-. The van der Waals surface area contributed by atoms with Crippen LogP contribution in [0.5, 0.6) is 5.75 Å². The van der Waals surface area contributed by atoms with Crippen molar-refractivity contribution < 1.29 is 9.53 Å². The van der Waals surface area contributed by atoms with Gasteiger partial charge in [-0.3, -0.25) is 14.6 Å². The van der Waals surface area contributed by atoms with Crippen LogP contribution in [-0.4, -0.2) is 32.1 Å². The first kappa shape index (κ1) is 21.7. The van der Waals surface area contributed by atoms with Crippen LogP contribution in [0, 0.1) is 0 Å². The van der Waals surface area contributed by atoms with Gasteiger partial charge in [-0.25, -0.2) is 0 Å². The van der Waals surface area contributed by atoms with Gasteiger partial charge in [0.25, 0.3) is 11.5 Å². The van der Waals surface area contributed by atoms with Crippen molar-refractivity contribution in [3.05, 3.63) is 98.5 Å². The second kappa shape index (κ2) is 9.42. The molecule has 0 saturated heterocycles. The van der Waals surface area contributed by atoms with Crippen molar-refractivity contribution >= 4 is 45.6 Å². The molecule has 0 atom stereocenters. The van der Waals surface area contributed by atoms with E-state index in [2.05, 4.69) is 20.4 Å². The summed E-state index contributed by atoms with van der Waals surface area (Å²) in [7, 11) is 0. The molecule has 5 rings (SSSR count). The molecule has 0 bridgehead atoms. The molecule has 1 amide bonds. The second-order valence-electron chi connectivity index (χ2n) is 7.19. The summed E-state index contributed by atoms with van der Waals surface area (Å²) in [6.45, 7) is -0.135. The molecule has 0 aliphatic carbocycles. The van der Waals surface area contributed by atoms with Crippen molar-refractivity contribution in [3.63, 3.8) is 0 Å². The van der Waals surface area contributed by atoms with Gasteiger partial charge in [-0.05, 0) is 60.2 Å². The van der Waals surface area contributed by atoms with E-state index in [0.29, 0.717) is 31.8 Å². The Morgan fingerprint density at radius 2 is 1.79 bits per heavy atom. The Kier molecular flexibility index (Phi) is 6.03. The summed E-state index contributed by atoms with van der Waals surface area (Å²) in [5, 5.41) is 7.66. The molecular weight excluding hydrogens is 474 g/mol. The van der Waals surface area contributed by atoms with Crippen LogP contribution in [0.3, 0.4) is 0 Å². The van der Waals surface area contributed by atoms with E-state index in [4.69, 9.17) is 16.3 Å². The van der Waals surface area contributed by atoms with E-state index in [1.165, 1.54) is 15.9 Å². The van der Waals surface area contributed by atoms with Crippen molar-refractivity contribution in [2.45, 2.75) is 0 Å². The van der Waals surface area contributed by atoms with Gasteiger partial charge in [0.05, 0.1) is 4.53 Å². The highest BCUT2D eigenvalue weighted by Crippen LogP contribution is 2.16. The lowest BCUT2D eigenvalue weighted by Gasteiger charge is -2.07. The van der Waals surface area contributed by atoms with E-state index >= 15 is 0 Å². The van der Waals surface area contributed by atoms with Crippen molar-refractivity contribution in [1.82, 2.24) is 19.6 Å². The molecular formula is C24H16ClN5O3S. The number of halogens is 1. The smallest absolute Gasteiger partial charge is 0.291 e. The van der Waals surface area contributed by atoms with E-state index < -0.39 is 0 Å². The molecule has 8 nitrogen and oxygen atoms in total. The molecule has 34 heavy (non-hydrogen) atoms. The minimum Gasteiger partial charge on any atom is -0.484 e. The van der Waals surface area contributed by atoms with Crippen LogP contribution in [0.4, 0.5) is 5.69 Å². The molecule has 0 aliphatic heterocycles. The van der Waals surface area contributed by atoms with Gasteiger partial charge in [0.15, 0.2) is 12.4 Å². The highest BCUT2D eigenvalue weighted by molar-refractivity contribution is 7.15. The Bertz CT molecular complexity index is 1570. The minimum atomic E-state index is -0.283. The number of nitrogens with zero attached hydrogens (tertiary/aromatic N) is 4. The van der Waals surface area contributed by atoms with Crippen LogP contribution in [0.25, 0.3) is 22.4 Å². The van der Waals surface area contributed by atoms with Gasteiger partial charge in [-0.1, -0.05) is 35.1 Å². The number of fused-ring (bicyclic) bond motifs is 1. The zero-order valence-corrected chi connectivity index (χ0v) is 19.1. The largest absolute Gasteiger partial charge is 0.484 e. The Labute approximate surface area is 202 Å². The number of ether oxygens (including phenoxy) is 1. The maximum absolute atomic E-state index is 12.7. The molecule has 0 radical (unpaired) electrons. The van der Waals surface area contributed by atoms with Gasteiger partial charge >= 0.3 is 0 Å². The maximum atomic E-state index is 12.7. The third kappa shape index (κ3) is 4.80. The van der Waals surface area contributed by atoms with Gasteiger partial charge in [0.1, 0.15) is 5.75 Å². The third-order valence-corrected chi connectivity index (χ3v) is 6.01. The normalized spacial score (nSPS) is 11.6. The number of anilines is 1. The molecule has 0 fully saturated rings. The first-order valence-electron chi connectivity index (χ1n) is 10.2. The topological polar surface area (TPSA) is 98.5 Å². The molecule has 168 valence electrons. The van der Waals surface area contributed by atoms with E-state index in [1.54, 1.807) is 67.0 Å². The molecule has 0 unspecified atom stereocenters. The molecule has 0 saturated carbocycles. The fourth-order valence-corrected chi connectivity index (χ4v) is 4.18. The number of rotatable bonds is 6. The fraction of sp³-hybridized carbons (Fsp3) is 0.0417. The second-order valence-corrected chi connectivity index (χ2v) is 8.64. The summed E-state index contributed by atoms with van der Waals surface area (Å²) in [4.78, 5) is 33.8. The van der Waals surface area contributed by atoms with Crippen molar-refractivity contribution in [1.29, 1.82) is 0 Å². The summed E-state index contributed by atoms with van der Waals surface area (Å²) in [5.41, 5.74) is 2.02. The average Bonchev–Trinajstić information content (AvgIpc) is 3.40. The highest BCUT2D eigenvalue weighted by Gasteiger charge is 2.12. The molecule has 0 aliphatic rings. The Hall–Kier alpha value is -4.08. The lowest BCUT2D eigenvalue weighted by molar-refractivity contribution is -0.118. The van der Waals surface area contributed by atoms with E-state index in [9.17, 15) is 9.59 Å². The monoisotopic (exact) mass is 489 g/mol. The maximum Gasteiger partial charge on any atom is 0.291 e. The number of carbonyl (C=O) groups is 1. The van der Waals surface area contributed by atoms with Gasteiger partial charge < -0.3 is 10.1 Å². The summed E-state index contributed by atoms with van der Waals surface area (Å²) in [6.07, 6.45) is 5.08. The Morgan fingerprint density at radius 3 is 2.50 bits per heavy atom. The molecule has 5 aromatic rings. The van der Waals surface area contributed by atoms with Crippen molar-refractivity contribution in [3.8, 4) is 17.1 Å². The molecule has 3 heterocycles. The Morgan fingerprint density at radius 1 is 1.06 bits per heavy atom. The lowest BCUT2D eigenvalue weighted by Crippen LogP contribution is -2.23. The number of amides is 1. The molecule has 1 N–H and O–H groups in total. The number of benzene rings is 2. The predicted molar refractivity (Wildman–Crippen MR) is 131 cm³/mol. The first-order chi connectivity index (χ1) is 16.5. The molecule has 3 aromatic heterocycles. The van der Waals surface area contributed by atoms with Gasteiger partial charge in [0, 0.05) is 28.7 Å². The van der Waals surface area contributed by atoms with E-state index in [0.717, 1.165) is 11.1 Å². The van der Waals surface area contributed by atoms with Crippen LogP contribution < -0.4 is 20.1 Å². The predicted octanol–water partition coefficient (Wildman–Crippen LogP) is 3.43. The van der Waals surface area contributed by atoms with Crippen LogP contribution in [0.15, 0.2) is 77.9 Å². The zero-order chi connectivity index (χ0) is 23.5. The van der Waals surface area contributed by atoms with Gasteiger partial charge in [-0.2, -0.15) is 9.50 Å². The highest BCUT2D eigenvalue weighted by atomic mass is 35.5. The van der Waals surface area contributed by atoms with E-state index in [-0.39, 0.29) is 18.1 Å². The van der Waals surface area contributed by atoms with Crippen LogP contribution >= 0.6 is 22.9 Å². The number of thiazole rings is 1. The third-order valence-electron chi connectivity index (χ3n) is 4.80. The SMILES string of the molecule is O=C(COc1ccc(/C=c2\sc3nc(-c4ccncc4)nn3c2=O)cc1)Nc1ccc(Cl)cc1. The van der Waals surface area contributed by atoms with Crippen LogP contribution in [0.2, 0.25) is 5.02 Å². The number of nitrogens with one attached hydrogen (secondary N) is 1. The Balaban J connectivity index is 1.26. The summed E-state index contributed by atoms with van der Waals surface area (Å²) >= 11 is 7.11. The number of carbonyl (C=O) groups excluding carboxylic acids is 1. The fourth-order valence-electron chi connectivity index (χ4n) is 3.15.